The summed E-state index contributed by atoms with van der Waals surface area (Å²) in [5, 5.41) is 16.8. The molecule has 8 heteroatoms. The van der Waals surface area contributed by atoms with Gasteiger partial charge in [0.1, 0.15) is 5.69 Å². The van der Waals surface area contributed by atoms with Crippen molar-refractivity contribution in [2.45, 2.75) is 0 Å². The first-order valence-electron chi connectivity index (χ1n) is 5.79. The molecule has 19 heavy (non-hydrogen) atoms. The number of nitro groups is 1. The number of nitro benzene ring substituents is 1. The van der Waals surface area contributed by atoms with Crippen molar-refractivity contribution in [1.82, 2.24) is 5.01 Å². The van der Waals surface area contributed by atoms with Crippen LogP contribution in [-0.4, -0.2) is 42.1 Å². The minimum Gasteiger partial charge on any atom is -0.393 e. The van der Waals surface area contributed by atoms with Gasteiger partial charge in [0.25, 0.3) is 5.69 Å². The molecule has 0 unspecified atom stereocenters. The second kappa shape index (κ2) is 5.53. The molecule has 2 rings (SSSR count). The van der Waals surface area contributed by atoms with Crippen molar-refractivity contribution in [1.29, 1.82) is 0 Å². The quantitative estimate of drug-likeness (QED) is 0.263. The van der Waals surface area contributed by atoms with Gasteiger partial charge in [0.2, 0.25) is 0 Å². The van der Waals surface area contributed by atoms with Gasteiger partial charge < -0.3 is 16.2 Å². The zero-order valence-electron chi connectivity index (χ0n) is 10.3. The van der Waals surface area contributed by atoms with E-state index in [1.807, 2.05) is 0 Å². The molecular weight excluding hydrogens is 250 g/mol. The molecule has 0 saturated carbocycles. The largest absolute Gasteiger partial charge is 0.393 e. The van der Waals surface area contributed by atoms with Crippen LogP contribution in [0.25, 0.3) is 0 Å². The van der Waals surface area contributed by atoms with E-state index >= 15 is 0 Å². The van der Waals surface area contributed by atoms with Gasteiger partial charge in [-0.2, -0.15) is 5.10 Å². The molecule has 1 aromatic carbocycles. The lowest BCUT2D eigenvalue weighted by atomic mass is 10.1. The summed E-state index contributed by atoms with van der Waals surface area (Å²) in [6, 6.07) is 4.39. The second-order valence-electron chi connectivity index (χ2n) is 4.08. The number of rotatable bonds is 3. The Morgan fingerprint density at radius 1 is 1.42 bits per heavy atom. The molecule has 1 saturated heterocycles. The summed E-state index contributed by atoms with van der Waals surface area (Å²) < 4.78 is 5.20. The van der Waals surface area contributed by atoms with Crippen LogP contribution < -0.4 is 11.5 Å². The summed E-state index contributed by atoms with van der Waals surface area (Å²) in [7, 11) is 0. The van der Waals surface area contributed by atoms with Crippen molar-refractivity contribution in [3.63, 3.8) is 0 Å². The smallest absolute Gasteiger partial charge is 0.292 e. The highest BCUT2D eigenvalue weighted by Gasteiger charge is 2.14. The van der Waals surface area contributed by atoms with Gasteiger partial charge in [0.15, 0.2) is 5.84 Å². The molecule has 102 valence electrons. The molecule has 1 fully saturated rings. The third-order valence-electron chi connectivity index (χ3n) is 2.76. The van der Waals surface area contributed by atoms with Crippen LogP contribution in [0.15, 0.2) is 23.3 Å². The third kappa shape index (κ3) is 3.10. The van der Waals surface area contributed by atoms with Crippen molar-refractivity contribution < 1.29 is 9.66 Å². The average molecular weight is 265 g/mol. The fraction of sp³-hybridized carbons (Fsp3) is 0.364. The van der Waals surface area contributed by atoms with Crippen molar-refractivity contribution in [3.8, 4) is 0 Å². The minimum absolute atomic E-state index is 0.105. The first kappa shape index (κ1) is 13.1. The zero-order valence-corrected chi connectivity index (χ0v) is 10.3. The van der Waals surface area contributed by atoms with Crippen LogP contribution >= 0.6 is 0 Å². The van der Waals surface area contributed by atoms with Crippen LogP contribution in [0.5, 0.6) is 0 Å². The molecule has 1 aliphatic heterocycles. The average Bonchev–Trinajstić information content (AvgIpc) is 2.40. The zero-order chi connectivity index (χ0) is 13.8. The molecule has 0 atom stereocenters. The predicted molar refractivity (Wildman–Crippen MR) is 70.6 cm³/mol. The number of nitrogens with two attached hydrogens (primary N) is 2. The van der Waals surface area contributed by atoms with Crippen molar-refractivity contribution in [2.75, 3.05) is 32.0 Å². The molecule has 0 amide bonds. The van der Waals surface area contributed by atoms with E-state index in [4.69, 9.17) is 16.2 Å². The molecule has 4 N–H and O–H groups in total. The number of nitrogen functional groups attached to an aromatic ring is 1. The molecule has 1 heterocycles. The highest BCUT2D eigenvalue weighted by Crippen LogP contribution is 2.22. The number of ether oxygens (including phenoxy) is 1. The van der Waals surface area contributed by atoms with E-state index < -0.39 is 4.92 Å². The number of morpholine rings is 1. The highest BCUT2D eigenvalue weighted by atomic mass is 16.6. The van der Waals surface area contributed by atoms with E-state index in [1.165, 1.54) is 12.1 Å². The Bertz CT molecular complexity index is 511. The normalized spacial score (nSPS) is 16.4. The summed E-state index contributed by atoms with van der Waals surface area (Å²) in [6.07, 6.45) is 0. The highest BCUT2D eigenvalue weighted by molar-refractivity contribution is 5.98. The van der Waals surface area contributed by atoms with Crippen LogP contribution in [0, 0.1) is 10.1 Å². The fourth-order valence-corrected chi connectivity index (χ4v) is 1.72. The fourth-order valence-electron chi connectivity index (χ4n) is 1.72. The van der Waals surface area contributed by atoms with Crippen LogP contribution in [0.4, 0.5) is 11.4 Å². The lowest BCUT2D eigenvalue weighted by Gasteiger charge is -2.24. The maximum Gasteiger partial charge on any atom is 0.292 e. The standard InChI is InChI=1S/C11H15N5O3/c12-9-2-1-8(7-10(9)16(17)18)11(13)14-15-3-5-19-6-4-15/h1-2,7H,3-6,12H2,(H2,13,14). The molecule has 1 aliphatic rings. The lowest BCUT2D eigenvalue weighted by molar-refractivity contribution is -0.383. The van der Waals surface area contributed by atoms with Crippen LogP contribution in [0.3, 0.4) is 0 Å². The van der Waals surface area contributed by atoms with Gasteiger partial charge in [-0.3, -0.25) is 15.1 Å². The molecular formula is C11H15N5O3. The van der Waals surface area contributed by atoms with Gasteiger partial charge in [0, 0.05) is 11.6 Å². The van der Waals surface area contributed by atoms with E-state index in [0.717, 1.165) is 0 Å². The maximum atomic E-state index is 10.8. The first-order chi connectivity index (χ1) is 9.08. The molecule has 8 nitrogen and oxygen atoms in total. The SMILES string of the molecule is N/C(=N\N1CCOCC1)c1ccc(N)c([N+](=O)[O-])c1. The van der Waals surface area contributed by atoms with Gasteiger partial charge >= 0.3 is 0 Å². The predicted octanol–water partition coefficient (Wildman–Crippen LogP) is 0.130. The van der Waals surface area contributed by atoms with Gasteiger partial charge in [-0.15, -0.1) is 0 Å². The van der Waals surface area contributed by atoms with Gasteiger partial charge in [0.05, 0.1) is 31.2 Å². The number of hydrogen-bond donors (Lipinski definition) is 2. The Kier molecular flexibility index (Phi) is 3.81. The van der Waals surface area contributed by atoms with E-state index in [2.05, 4.69) is 5.10 Å². The number of benzene rings is 1. The summed E-state index contributed by atoms with van der Waals surface area (Å²) in [6.45, 7) is 2.49. The Balaban J connectivity index is 2.23. The van der Waals surface area contributed by atoms with Crippen molar-refractivity contribution in [3.05, 3.63) is 33.9 Å². The van der Waals surface area contributed by atoms with Crippen LogP contribution in [0.2, 0.25) is 0 Å². The van der Waals surface area contributed by atoms with Crippen LogP contribution in [0.1, 0.15) is 5.56 Å². The maximum absolute atomic E-state index is 10.8. The second-order valence-corrected chi connectivity index (χ2v) is 4.08. The third-order valence-corrected chi connectivity index (χ3v) is 2.76. The number of anilines is 1. The lowest BCUT2D eigenvalue weighted by Crippen LogP contribution is -2.34. The van der Waals surface area contributed by atoms with E-state index in [0.29, 0.717) is 31.9 Å². The molecule has 0 radical (unpaired) electrons. The summed E-state index contributed by atoms with van der Waals surface area (Å²) in [5.41, 5.74) is 11.8. The van der Waals surface area contributed by atoms with E-state index in [1.54, 1.807) is 11.1 Å². The van der Waals surface area contributed by atoms with E-state index in [9.17, 15) is 10.1 Å². The molecule has 0 bridgehead atoms. The summed E-state index contributed by atoms with van der Waals surface area (Å²) in [4.78, 5) is 10.3. The van der Waals surface area contributed by atoms with Gasteiger partial charge in [-0.05, 0) is 12.1 Å². The molecule has 1 aromatic rings. The van der Waals surface area contributed by atoms with Crippen molar-refractivity contribution in [2.24, 2.45) is 10.8 Å². The summed E-state index contributed by atoms with van der Waals surface area (Å²) >= 11 is 0. The van der Waals surface area contributed by atoms with E-state index in [-0.39, 0.29) is 17.2 Å². The molecule has 0 aromatic heterocycles. The first-order valence-corrected chi connectivity index (χ1v) is 5.79. The Labute approximate surface area is 109 Å². The molecule has 0 aliphatic carbocycles. The Hall–Kier alpha value is -2.35. The Morgan fingerprint density at radius 2 is 2.11 bits per heavy atom. The number of nitrogens with zero attached hydrogens (tertiary/aromatic N) is 3. The minimum atomic E-state index is -0.541. The monoisotopic (exact) mass is 265 g/mol. The molecule has 0 spiro atoms. The number of amidine groups is 1. The number of hydrogen-bond acceptors (Lipinski definition) is 6. The van der Waals surface area contributed by atoms with Crippen LogP contribution in [-0.2, 0) is 4.74 Å². The van der Waals surface area contributed by atoms with Gasteiger partial charge in [-0.1, -0.05) is 0 Å². The Morgan fingerprint density at radius 3 is 2.74 bits per heavy atom. The summed E-state index contributed by atoms with van der Waals surface area (Å²) in [5.74, 6) is 0.227. The number of hydrazone groups is 1. The van der Waals surface area contributed by atoms with Gasteiger partial charge in [-0.25, -0.2) is 0 Å². The topological polar surface area (TPSA) is 120 Å². The van der Waals surface area contributed by atoms with Crippen molar-refractivity contribution >= 4 is 17.2 Å².